The number of hydrogen-bond acceptors (Lipinski definition) is 4. The van der Waals surface area contributed by atoms with Gasteiger partial charge in [-0.15, -0.1) is 6.58 Å². The Kier molecular flexibility index (Phi) is 7.07. The van der Waals surface area contributed by atoms with Crippen LogP contribution in [-0.2, 0) is 0 Å². The number of ether oxygens (including phenoxy) is 1. The Morgan fingerprint density at radius 3 is 2.87 bits per heavy atom. The molecule has 1 N–H and O–H groups in total. The molecule has 1 aliphatic rings. The van der Waals surface area contributed by atoms with Crippen LogP contribution in [0.1, 0.15) is 43.0 Å². The molecule has 126 valence electrons. The molecule has 2 rings (SSSR count). The van der Waals surface area contributed by atoms with Crippen LogP contribution in [0.3, 0.4) is 0 Å². The number of carbonyl (C=O) groups excluding carboxylic acids is 1. The number of allylic oxidation sites excluding steroid dienone is 1. The van der Waals surface area contributed by atoms with Crippen LogP contribution in [-0.4, -0.2) is 48.1 Å². The summed E-state index contributed by atoms with van der Waals surface area (Å²) in [6.07, 6.45) is 8.00. The third-order valence-electron chi connectivity index (χ3n) is 3.98. The second-order valence-corrected chi connectivity index (χ2v) is 5.86. The molecular weight excluding hydrogens is 290 g/mol. The summed E-state index contributed by atoms with van der Waals surface area (Å²) in [5.41, 5.74) is 0.557. The van der Waals surface area contributed by atoms with Crippen molar-refractivity contribution in [3.05, 3.63) is 36.5 Å². The number of rotatable bonds is 9. The third kappa shape index (κ3) is 5.67. The van der Waals surface area contributed by atoms with Crippen LogP contribution in [0.2, 0.25) is 0 Å². The number of nitrogens with zero attached hydrogens (tertiary/aromatic N) is 2. The highest BCUT2D eigenvalue weighted by Crippen LogP contribution is 2.16. The van der Waals surface area contributed by atoms with Crippen LogP contribution in [0.15, 0.2) is 31.0 Å². The van der Waals surface area contributed by atoms with Crippen LogP contribution < -0.4 is 10.1 Å². The molecule has 1 fully saturated rings. The maximum Gasteiger partial charge on any atom is 0.252 e. The highest BCUT2D eigenvalue weighted by Gasteiger charge is 2.19. The first-order valence-corrected chi connectivity index (χ1v) is 8.47. The van der Waals surface area contributed by atoms with E-state index in [1.807, 2.05) is 13.0 Å². The average molecular weight is 317 g/mol. The zero-order chi connectivity index (χ0) is 16.5. The molecule has 1 aromatic rings. The quantitative estimate of drug-likeness (QED) is 0.711. The number of likely N-dealkylation sites (tertiary alicyclic amines) is 1. The largest absolute Gasteiger partial charge is 0.473 e. The molecule has 1 saturated heterocycles. The summed E-state index contributed by atoms with van der Waals surface area (Å²) >= 11 is 0. The highest BCUT2D eigenvalue weighted by atomic mass is 16.5. The van der Waals surface area contributed by atoms with E-state index in [-0.39, 0.29) is 12.0 Å². The van der Waals surface area contributed by atoms with E-state index >= 15 is 0 Å². The third-order valence-corrected chi connectivity index (χ3v) is 3.98. The maximum atomic E-state index is 11.7. The lowest BCUT2D eigenvalue weighted by Gasteiger charge is -2.23. The zero-order valence-electron chi connectivity index (χ0n) is 14.0. The fraction of sp³-hybridized carbons (Fsp3) is 0.556. The van der Waals surface area contributed by atoms with Gasteiger partial charge in [-0.25, -0.2) is 4.98 Å². The van der Waals surface area contributed by atoms with Crippen LogP contribution in [0.25, 0.3) is 0 Å². The van der Waals surface area contributed by atoms with Gasteiger partial charge in [-0.05, 0) is 51.8 Å². The van der Waals surface area contributed by atoms with Crippen LogP contribution in [0.5, 0.6) is 5.88 Å². The van der Waals surface area contributed by atoms with Gasteiger partial charge in [-0.3, -0.25) is 9.69 Å². The predicted molar refractivity (Wildman–Crippen MR) is 91.8 cm³/mol. The molecule has 0 aromatic carbocycles. The standard InChI is InChI=1S/C18H27N3O2/c1-3-5-8-16(14-21-11-6-7-12-21)23-17-10-9-15(13-20-17)18(22)19-4-2/h3,9-10,13,16H,1,4-8,11-12,14H2,2H3,(H,19,22). The fourth-order valence-electron chi connectivity index (χ4n) is 2.76. The lowest BCUT2D eigenvalue weighted by Crippen LogP contribution is -2.34. The molecule has 23 heavy (non-hydrogen) atoms. The van der Waals surface area contributed by atoms with E-state index in [1.165, 1.54) is 12.8 Å². The molecule has 0 radical (unpaired) electrons. The van der Waals surface area contributed by atoms with Crippen molar-refractivity contribution in [1.82, 2.24) is 15.2 Å². The number of carbonyl (C=O) groups is 1. The Hall–Kier alpha value is -1.88. The van der Waals surface area contributed by atoms with Gasteiger partial charge in [0.15, 0.2) is 0 Å². The summed E-state index contributed by atoms with van der Waals surface area (Å²) in [5, 5.41) is 2.76. The summed E-state index contributed by atoms with van der Waals surface area (Å²) < 4.78 is 6.04. The summed E-state index contributed by atoms with van der Waals surface area (Å²) in [6, 6.07) is 3.53. The minimum atomic E-state index is -0.105. The van der Waals surface area contributed by atoms with Gasteiger partial charge in [0.2, 0.25) is 5.88 Å². The van der Waals surface area contributed by atoms with Gasteiger partial charge in [-0.2, -0.15) is 0 Å². The van der Waals surface area contributed by atoms with Crippen molar-refractivity contribution < 1.29 is 9.53 Å². The lowest BCUT2D eigenvalue weighted by atomic mass is 10.2. The molecule has 2 heterocycles. The second kappa shape index (κ2) is 9.30. The van der Waals surface area contributed by atoms with E-state index < -0.39 is 0 Å². The Bertz CT molecular complexity index is 495. The normalized spacial score (nSPS) is 16.0. The van der Waals surface area contributed by atoms with E-state index in [1.54, 1.807) is 18.3 Å². The maximum absolute atomic E-state index is 11.7. The van der Waals surface area contributed by atoms with E-state index in [0.717, 1.165) is 32.5 Å². The first-order chi connectivity index (χ1) is 11.2. The lowest BCUT2D eigenvalue weighted by molar-refractivity contribution is 0.0955. The fourth-order valence-corrected chi connectivity index (χ4v) is 2.76. The molecule has 5 nitrogen and oxygen atoms in total. The number of aromatic nitrogens is 1. The SMILES string of the molecule is C=CCCC(CN1CCCC1)Oc1ccc(C(=O)NCC)cn1. The molecule has 0 saturated carbocycles. The monoisotopic (exact) mass is 317 g/mol. The zero-order valence-corrected chi connectivity index (χ0v) is 14.0. The number of hydrogen-bond donors (Lipinski definition) is 1. The van der Waals surface area contributed by atoms with Crippen molar-refractivity contribution in [2.75, 3.05) is 26.2 Å². The molecule has 1 amide bonds. The summed E-state index contributed by atoms with van der Waals surface area (Å²) in [4.78, 5) is 18.5. The first-order valence-electron chi connectivity index (χ1n) is 8.47. The van der Waals surface area contributed by atoms with Gasteiger partial charge in [-0.1, -0.05) is 6.08 Å². The number of pyridine rings is 1. The minimum Gasteiger partial charge on any atom is -0.473 e. The van der Waals surface area contributed by atoms with Gasteiger partial charge in [0.25, 0.3) is 5.91 Å². The van der Waals surface area contributed by atoms with Crippen molar-refractivity contribution in [3.8, 4) is 5.88 Å². The summed E-state index contributed by atoms with van der Waals surface area (Å²) in [5.74, 6) is 0.470. The average Bonchev–Trinajstić information content (AvgIpc) is 3.06. The van der Waals surface area contributed by atoms with Crippen LogP contribution >= 0.6 is 0 Å². The Balaban J connectivity index is 1.94. The Morgan fingerprint density at radius 1 is 1.48 bits per heavy atom. The number of nitrogens with one attached hydrogen (secondary N) is 1. The van der Waals surface area contributed by atoms with E-state index in [9.17, 15) is 4.79 Å². The molecule has 1 unspecified atom stereocenters. The van der Waals surface area contributed by atoms with Crippen LogP contribution in [0.4, 0.5) is 0 Å². The highest BCUT2D eigenvalue weighted by molar-refractivity contribution is 5.93. The molecular formula is C18H27N3O2. The topological polar surface area (TPSA) is 54.5 Å². The molecule has 0 spiro atoms. The van der Waals surface area contributed by atoms with Gasteiger partial charge < -0.3 is 10.1 Å². The molecule has 0 bridgehead atoms. The summed E-state index contributed by atoms with van der Waals surface area (Å²) in [7, 11) is 0. The first kappa shape index (κ1) is 17.5. The van der Waals surface area contributed by atoms with Gasteiger partial charge >= 0.3 is 0 Å². The van der Waals surface area contributed by atoms with Gasteiger partial charge in [0, 0.05) is 25.4 Å². The molecule has 1 aromatic heterocycles. The van der Waals surface area contributed by atoms with Gasteiger partial charge in [0.1, 0.15) is 6.10 Å². The molecule has 0 aliphatic carbocycles. The Labute approximate surface area is 138 Å². The number of amides is 1. The van der Waals surface area contributed by atoms with E-state index in [2.05, 4.69) is 21.8 Å². The van der Waals surface area contributed by atoms with Crippen LogP contribution in [0, 0.1) is 0 Å². The minimum absolute atomic E-state index is 0.105. The van der Waals surface area contributed by atoms with Crippen molar-refractivity contribution in [3.63, 3.8) is 0 Å². The smallest absolute Gasteiger partial charge is 0.252 e. The molecule has 5 heteroatoms. The van der Waals surface area contributed by atoms with Gasteiger partial charge in [0.05, 0.1) is 5.56 Å². The summed E-state index contributed by atoms with van der Waals surface area (Å²) in [6.45, 7) is 9.52. The van der Waals surface area contributed by atoms with Crippen molar-refractivity contribution in [1.29, 1.82) is 0 Å². The predicted octanol–water partition coefficient (Wildman–Crippen LogP) is 2.64. The van der Waals surface area contributed by atoms with E-state index in [4.69, 9.17) is 4.74 Å². The second-order valence-electron chi connectivity index (χ2n) is 5.86. The molecule has 1 aliphatic heterocycles. The van der Waals surface area contributed by atoms with Crippen molar-refractivity contribution in [2.24, 2.45) is 0 Å². The Morgan fingerprint density at radius 2 is 2.26 bits per heavy atom. The molecule has 1 atom stereocenters. The van der Waals surface area contributed by atoms with E-state index in [0.29, 0.717) is 18.0 Å². The van der Waals surface area contributed by atoms with Crippen molar-refractivity contribution in [2.45, 2.75) is 38.7 Å². The van der Waals surface area contributed by atoms with Crippen molar-refractivity contribution >= 4 is 5.91 Å².